The van der Waals surface area contributed by atoms with Crippen molar-refractivity contribution in [3.8, 4) is 11.8 Å². The molecule has 2 aliphatic heterocycles. The Balaban J connectivity index is 2.51. The van der Waals surface area contributed by atoms with Crippen LogP contribution in [0.5, 0.6) is 0 Å². The van der Waals surface area contributed by atoms with Crippen LogP contribution in [0, 0.1) is 17.8 Å². The normalized spacial score (nSPS) is 26.7. The molecular weight excluding hydrogens is 430 g/mol. The number of fused-ring (bicyclic) bond motifs is 1. The molecule has 33 heavy (non-hydrogen) atoms. The quantitative estimate of drug-likeness (QED) is 0.351. The van der Waals surface area contributed by atoms with Crippen molar-refractivity contribution >= 4 is 18.2 Å². The van der Waals surface area contributed by atoms with Crippen molar-refractivity contribution in [2.75, 3.05) is 13.2 Å². The molecule has 0 aromatic rings. The number of esters is 1. The van der Waals surface area contributed by atoms with E-state index in [1.807, 2.05) is 0 Å². The summed E-state index contributed by atoms with van der Waals surface area (Å²) in [4.78, 5) is 39.4. The lowest BCUT2D eigenvalue weighted by Gasteiger charge is -2.62. The first-order valence-electron chi connectivity index (χ1n) is 11.0. The van der Waals surface area contributed by atoms with Gasteiger partial charge in [0.2, 0.25) is 0 Å². The summed E-state index contributed by atoms with van der Waals surface area (Å²) in [5.74, 6) is 4.90. The third-order valence-corrected chi connectivity index (χ3v) is 5.03. The molecule has 0 saturated carbocycles. The van der Waals surface area contributed by atoms with E-state index in [9.17, 15) is 14.4 Å². The van der Waals surface area contributed by atoms with E-state index < -0.39 is 53.1 Å². The Kier molecular flexibility index (Phi) is 7.74. The van der Waals surface area contributed by atoms with Gasteiger partial charge in [-0.25, -0.2) is 9.59 Å². The summed E-state index contributed by atoms with van der Waals surface area (Å²) >= 11 is 0. The van der Waals surface area contributed by atoms with Gasteiger partial charge in [0.1, 0.15) is 17.3 Å². The molecular formula is C24H35NO8. The average Bonchev–Trinajstić information content (AvgIpc) is 2.61. The Labute approximate surface area is 195 Å². The molecule has 0 aromatic carbocycles. The Bertz CT molecular complexity index is 856. The van der Waals surface area contributed by atoms with Gasteiger partial charge in [0.05, 0.1) is 25.6 Å². The molecule has 2 heterocycles. The number of amides is 1. The smallest absolute Gasteiger partial charge is 0.466 e. The molecule has 184 valence electrons. The van der Waals surface area contributed by atoms with Crippen LogP contribution in [0.1, 0.15) is 61.8 Å². The first-order valence-corrected chi connectivity index (χ1v) is 11.0. The third-order valence-electron chi connectivity index (χ3n) is 5.03. The highest BCUT2D eigenvalue weighted by atomic mass is 16.7. The first kappa shape index (κ1) is 26.5. The van der Waals surface area contributed by atoms with Crippen molar-refractivity contribution in [2.45, 2.75) is 90.8 Å². The molecule has 0 aromatic heterocycles. The van der Waals surface area contributed by atoms with E-state index in [2.05, 4.69) is 18.4 Å². The highest BCUT2D eigenvalue weighted by Crippen LogP contribution is 2.52. The van der Waals surface area contributed by atoms with Gasteiger partial charge in [-0.05, 0) is 55.4 Å². The van der Waals surface area contributed by atoms with Gasteiger partial charge >= 0.3 is 18.2 Å². The minimum Gasteiger partial charge on any atom is -0.466 e. The summed E-state index contributed by atoms with van der Waals surface area (Å²) in [5.41, 5.74) is -2.50. The van der Waals surface area contributed by atoms with Gasteiger partial charge in [-0.3, -0.25) is 9.69 Å². The Morgan fingerprint density at radius 2 is 1.76 bits per heavy atom. The second kappa shape index (κ2) is 9.64. The number of likely N-dealkylation sites (tertiary alicyclic amines) is 1. The molecule has 9 nitrogen and oxygen atoms in total. The third kappa shape index (κ3) is 5.80. The van der Waals surface area contributed by atoms with Crippen molar-refractivity contribution < 1.29 is 38.1 Å². The van der Waals surface area contributed by atoms with E-state index >= 15 is 0 Å². The largest absolute Gasteiger partial charge is 0.509 e. The van der Waals surface area contributed by atoms with E-state index in [-0.39, 0.29) is 19.6 Å². The predicted octanol–water partition coefficient (Wildman–Crippen LogP) is 3.80. The van der Waals surface area contributed by atoms with Crippen LogP contribution in [0.25, 0.3) is 0 Å². The molecule has 0 aliphatic carbocycles. The summed E-state index contributed by atoms with van der Waals surface area (Å²) in [6.07, 6.45) is -3.92. The fraction of sp³-hybridized carbons (Fsp3) is 0.708. The Hall–Kier alpha value is -2.73. The maximum Gasteiger partial charge on any atom is 0.509 e. The fourth-order valence-corrected chi connectivity index (χ4v) is 3.96. The summed E-state index contributed by atoms with van der Waals surface area (Å²) < 4.78 is 27.6. The Morgan fingerprint density at radius 3 is 2.27 bits per heavy atom. The summed E-state index contributed by atoms with van der Waals surface area (Å²) in [5, 5.41) is 0. The minimum atomic E-state index is -1.33. The maximum atomic E-state index is 13.1. The first-order chi connectivity index (χ1) is 15.2. The van der Waals surface area contributed by atoms with E-state index in [1.54, 1.807) is 55.4 Å². The average molecular weight is 466 g/mol. The molecule has 0 N–H and O–H groups in total. The molecule has 2 saturated heterocycles. The van der Waals surface area contributed by atoms with Gasteiger partial charge in [-0.2, -0.15) is 0 Å². The number of carbonyl (C=O) groups excluding carboxylic acids is 3. The maximum absolute atomic E-state index is 13.1. The number of ether oxygens (including phenoxy) is 5. The lowest BCUT2D eigenvalue weighted by molar-refractivity contribution is -0.205. The van der Waals surface area contributed by atoms with Crippen LogP contribution in [-0.4, -0.2) is 65.3 Å². The molecule has 0 bridgehead atoms. The topological polar surface area (TPSA) is 101 Å². The Morgan fingerprint density at radius 1 is 1.15 bits per heavy atom. The monoisotopic (exact) mass is 465 g/mol. The number of carbonyl (C=O) groups is 3. The van der Waals surface area contributed by atoms with E-state index in [4.69, 9.17) is 23.7 Å². The van der Waals surface area contributed by atoms with Crippen LogP contribution in [0.2, 0.25) is 0 Å². The van der Waals surface area contributed by atoms with Gasteiger partial charge < -0.3 is 23.7 Å². The highest BCUT2D eigenvalue weighted by molar-refractivity contribution is 5.77. The van der Waals surface area contributed by atoms with Crippen molar-refractivity contribution in [1.29, 1.82) is 0 Å². The zero-order valence-electron chi connectivity index (χ0n) is 20.8. The van der Waals surface area contributed by atoms with Crippen molar-refractivity contribution in [1.82, 2.24) is 4.90 Å². The van der Waals surface area contributed by atoms with Crippen LogP contribution < -0.4 is 0 Å². The van der Waals surface area contributed by atoms with Gasteiger partial charge in [-0.1, -0.05) is 12.5 Å². The second-order valence-electron chi connectivity index (χ2n) is 9.94. The standard InChI is InChI=1S/C24H35NO8/c1-10-12-24-16(15(3)25(24)20(27)32-22(4,5)6)14-30-17(13-18(26)29-11-2)19(24)31-21(28)33-23(7,8)9/h16-17,19H,3,11,13-14H2,1-2,4-9H3/t16-,17+,19+,24+/m1/s1. The lowest BCUT2D eigenvalue weighted by Crippen LogP contribution is -2.78. The summed E-state index contributed by atoms with van der Waals surface area (Å²) in [6, 6.07) is 0. The van der Waals surface area contributed by atoms with Crippen LogP contribution in [-0.2, 0) is 28.5 Å². The molecule has 1 amide bonds. The van der Waals surface area contributed by atoms with Gasteiger partial charge in [0, 0.05) is 5.70 Å². The van der Waals surface area contributed by atoms with Crippen molar-refractivity contribution in [2.24, 2.45) is 5.92 Å². The number of rotatable bonds is 4. The zero-order chi connectivity index (χ0) is 25.2. The van der Waals surface area contributed by atoms with Crippen LogP contribution in [0.4, 0.5) is 9.59 Å². The van der Waals surface area contributed by atoms with Crippen LogP contribution in [0.15, 0.2) is 12.3 Å². The van der Waals surface area contributed by atoms with Crippen molar-refractivity contribution in [3.05, 3.63) is 12.3 Å². The minimum absolute atomic E-state index is 0.130. The second-order valence-corrected chi connectivity index (χ2v) is 9.94. The SMILES string of the molecule is C=C1[C@H]2CO[C@@H](CC(=O)OCC)[C@H](OC(=O)OC(C)(C)C)[C@@]2(C#CC)N1C(=O)OC(C)(C)C. The molecule has 0 spiro atoms. The van der Waals surface area contributed by atoms with Crippen molar-refractivity contribution in [3.63, 3.8) is 0 Å². The van der Waals surface area contributed by atoms with Gasteiger partial charge in [0.25, 0.3) is 0 Å². The highest BCUT2D eigenvalue weighted by Gasteiger charge is 2.69. The van der Waals surface area contributed by atoms with E-state index in [0.717, 1.165) is 0 Å². The molecule has 4 atom stereocenters. The molecule has 2 fully saturated rings. The van der Waals surface area contributed by atoms with Gasteiger partial charge in [-0.15, -0.1) is 5.92 Å². The van der Waals surface area contributed by atoms with Gasteiger partial charge in [0.15, 0.2) is 11.6 Å². The molecule has 0 radical (unpaired) electrons. The van der Waals surface area contributed by atoms with E-state index in [0.29, 0.717) is 5.70 Å². The number of hydrogen-bond acceptors (Lipinski definition) is 8. The predicted molar refractivity (Wildman–Crippen MR) is 119 cm³/mol. The molecule has 2 rings (SSSR count). The van der Waals surface area contributed by atoms with Crippen LogP contribution >= 0.6 is 0 Å². The van der Waals surface area contributed by atoms with Crippen LogP contribution in [0.3, 0.4) is 0 Å². The summed E-state index contributed by atoms with van der Waals surface area (Å²) in [7, 11) is 0. The molecule has 2 aliphatic rings. The van der Waals surface area contributed by atoms with E-state index in [1.165, 1.54) is 4.90 Å². The zero-order valence-corrected chi connectivity index (χ0v) is 20.8. The number of hydrogen-bond donors (Lipinski definition) is 0. The molecule has 9 heteroatoms. The number of nitrogens with zero attached hydrogens (tertiary/aromatic N) is 1. The molecule has 0 unspecified atom stereocenters. The summed E-state index contributed by atoms with van der Waals surface area (Å²) in [6.45, 7) is 17.9. The fourth-order valence-electron chi connectivity index (χ4n) is 3.96. The lowest BCUT2D eigenvalue weighted by atomic mass is 9.65.